The largest absolute Gasteiger partial charge is 0.493 e. The Balaban J connectivity index is 1.87. The first-order chi connectivity index (χ1) is 27.5. The molecule has 59 heavy (non-hydrogen) atoms. The van der Waals surface area contributed by atoms with Crippen molar-refractivity contribution >= 4 is 5.97 Å². The summed E-state index contributed by atoms with van der Waals surface area (Å²) < 4.78 is 50.9. The standard InChI is InChI=1S/C44H76N2O13/c1-15-33-44(10,51)37(47)28(6)46(12)23-24(2)21-42(8,50)39(59-41-36(30(45-11)20-25(3)54-41)56-32-19-17-16-18-31(32)52-13)26(4)35(27(5)40(49)57-33)58-34-22-43(9,53-14)38(48)29(7)55-34/h16-19,24-30,33-39,41,45,47-48,50-51H,15,20-23H2,1-14H3/t24?,25-,26?,27?,28?,29+,30+,33?,34+,35?,36-,37?,38+,39?,41+,42?,43-,44?/m1/s1. The highest BCUT2D eigenvalue weighted by molar-refractivity contribution is 5.73. The van der Waals surface area contributed by atoms with Crippen molar-refractivity contribution in [1.29, 1.82) is 0 Å². The number of aliphatic hydroxyl groups is 4. The number of nitrogens with zero attached hydrogens (tertiary/aromatic N) is 1. The zero-order valence-electron chi connectivity index (χ0n) is 37.9. The second-order valence-corrected chi connectivity index (χ2v) is 18.3. The van der Waals surface area contributed by atoms with Crippen LogP contribution in [0, 0.1) is 17.8 Å². The van der Waals surface area contributed by atoms with E-state index < -0.39 is 96.0 Å². The third-order valence-corrected chi connectivity index (χ3v) is 13.3. The van der Waals surface area contributed by atoms with Crippen LogP contribution in [0.25, 0.3) is 0 Å². The number of esters is 1. The minimum atomic E-state index is -1.81. The molecular formula is C44H76N2O13. The summed E-state index contributed by atoms with van der Waals surface area (Å²) in [5.41, 5.74) is -4.42. The molecule has 0 saturated carbocycles. The van der Waals surface area contributed by atoms with Gasteiger partial charge in [0, 0.05) is 32.0 Å². The van der Waals surface area contributed by atoms with Crippen LogP contribution in [0.2, 0.25) is 0 Å². The molecule has 1 aromatic rings. The molecule has 5 N–H and O–H groups in total. The first-order valence-electron chi connectivity index (χ1n) is 21.4. The lowest BCUT2D eigenvalue weighted by atomic mass is 9.77. The fourth-order valence-corrected chi connectivity index (χ4v) is 9.52. The van der Waals surface area contributed by atoms with Crippen LogP contribution in [-0.2, 0) is 33.2 Å². The molecule has 10 unspecified atom stereocenters. The normalized spacial score (nSPS) is 44.8. The average Bonchev–Trinajstić information content (AvgIpc) is 3.18. The average molecular weight is 841 g/mol. The van der Waals surface area contributed by atoms with E-state index in [4.69, 9.17) is 37.9 Å². The Labute approximate surface area is 352 Å². The minimum absolute atomic E-state index is 0.129. The van der Waals surface area contributed by atoms with Gasteiger partial charge in [0.15, 0.2) is 30.2 Å². The van der Waals surface area contributed by atoms with E-state index in [2.05, 4.69) is 5.32 Å². The van der Waals surface area contributed by atoms with Crippen LogP contribution < -0.4 is 14.8 Å². The highest BCUT2D eigenvalue weighted by Gasteiger charge is 2.53. The Bertz CT molecular complexity index is 1480. The molecule has 0 aliphatic carbocycles. The molecule has 4 rings (SSSR count). The van der Waals surface area contributed by atoms with E-state index in [1.165, 1.54) is 14.0 Å². The van der Waals surface area contributed by atoms with Crippen molar-refractivity contribution in [2.75, 3.05) is 34.9 Å². The predicted octanol–water partition coefficient (Wildman–Crippen LogP) is 3.65. The molecule has 15 nitrogen and oxygen atoms in total. The number of aliphatic hydroxyl groups excluding tert-OH is 2. The van der Waals surface area contributed by atoms with Gasteiger partial charge in [0.25, 0.3) is 0 Å². The van der Waals surface area contributed by atoms with Crippen molar-refractivity contribution in [3.8, 4) is 11.5 Å². The molecule has 0 aromatic heterocycles. The SMILES string of the molecule is CCC1OC(=O)C(C)C(O[C@H]2C[C@@](C)(OC)[C@@H](O)[C@H](C)O2)C(C)C(O[C@@H]2O[C@H](C)C[C@H](NC)[C@H]2Oc2ccccc2OC)C(C)(O)CC(C)CN(C)C(C)C(O)C1(C)O. The third-order valence-electron chi connectivity index (χ3n) is 13.3. The summed E-state index contributed by atoms with van der Waals surface area (Å²) >= 11 is 0. The number of para-hydroxylation sites is 2. The van der Waals surface area contributed by atoms with Crippen molar-refractivity contribution in [2.24, 2.45) is 17.8 Å². The van der Waals surface area contributed by atoms with Crippen LogP contribution in [0.15, 0.2) is 24.3 Å². The van der Waals surface area contributed by atoms with Crippen LogP contribution in [0.3, 0.4) is 0 Å². The minimum Gasteiger partial charge on any atom is -0.493 e. The van der Waals surface area contributed by atoms with Crippen molar-refractivity contribution in [1.82, 2.24) is 10.2 Å². The topological polar surface area (TPSA) is 187 Å². The monoisotopic (exact) mass is 841 g/mol. The van der Waals surface area contributed by atoms with E-state index in [1.807, 2.05) is 71.0 Å². The number of nitrogens with one attached hydrogen (secondary N) is 1. The molecule has 3 saturated heterocycles. The number of hydrogen-bond acceptors (Lipinski definition) is 15. The van der Waals surface area contributed by atoms with Crippen molar-refractivity contribution in [3.63, 3.8) is 0 Å². The molecule has 0 bridgehead atoms. The maximum atomic E-state index is 14.4. The van der Waals surface area contributed by atoms with Crippen LogP contribution in [0.4, 0.5) is 0 Å². The molecule has 3 aliphatic heterocycles. The number of rotatable bonds is 10. The smallest absolute Gasteiger partial charge is 0.311 e. The van der Waals surface area contributed by atoms with Crippen LogP contribution in [0.5, 0.6) is 11.5 Å². The lowest BCUT2D eigenvalue weighted by Crippen LogP contribution is -2.61. The van der Waals surface area contributed by atoms with Gasteiger partial charge < -0.3 is 68.5 Å². The van der Waals surface area contributed by atoms with E-state index in [1.54, 1.807) is 41.7 Å². The zero-order valence-corrected chi connectivity index (χ0v) is 37.9. The zero-order chi connectivity index (χ0) is 44.2. The molecule has 3 heterocycles. The quantitative estimate of drug-likeness (QED) is 0.215. The Kier molecular flexibility index (Phi) is 17.1. The second kappa shape index (κ2) is 20.4. The van der Waals surface area contributed by atoms with Crippen LogP contribution in [0.1, 0.15) is 94.9 Å². The highest BCUT2D eigenvalue weighted by Crippen LogP contribution is 2.41. The van der Waals surface area contributed by atoms with E-state index in [0.29, 0.717) is 24.5 Å². The summed E-state index contributed by atoms with van der Waals surface area (Å²) in [4.78, 5) is 16.4. The van der Waals surface area contributed by atoms with Crippen molar-refractivity contribution in [2.45, 2.75) is 185 Å². The summed E-state index contributed by atoms with van der Waals surface area (Å²) in [6, 6.07) is 6.55. The fourth-order valence-electron chi connectivity index (χ4n) is 9.52. The molecule has 1 aromatic carbocycles. The summed E-state index contributed by atoms with van der Waals surface area (Å²) in [6.45, 7) is 18.3. The van der Waals surface area contributed by atoms with Gasteiger partial charge in [0.2, 0.25) is 0 Å². The lowest BCUT2D eigenvalue weighted by Gasteiger charge is -2.48. The van der Waals surface area contributed by atoms with Gasteiger partial charge in [-0.3, -0.25) is 4.79 Å². The Morgan fingerprint density at radius 3 is 2.15 bits per heavy atom. The molecule has 18 atom stereocenters. The number of methoxy groups -OCH3 is 2. The Morgan fingerprint density at radius 1 is 0.915 bits per heavy atom. The third kappa shape index (κ3) is 11.3. The van der Waals surface area contributed by atoms with Gasteiger partial charge in [0.1, 0.15) is 23.9 Å². The molecule has 3 aliphatic rings. The molecule has 340 valence electrons. The van der Waals surface area contributed by atoms with Crippen LogP contribution >= 0.6 is 0 Å². The maximum absolute atomic E-state index is 14.4. The van der Waals surface area contributed by atoms with Crippen molar-refractivity contribution < 1.29 is 63.1 Å². The van der Waals surface area contributed by atoms with E-state index in [9.17, 15) is 25.2 Å². The number of cyclic esters (lactones) is 1. The molecule has 0 spiro atoms. The maximum Gasteiger partial charge on any atom is 0.311 e. The van der Waals surface area contributed by atoms with Gasteiger partial charge in [0.05, 0.1) is 54.7 Å². The second-order valence-electron chi connectivity index (χ2n) is 18.3. The lowest BCUT2D eigenvalue weighted by molar-refractivity contribution is -0.314. The van der Waals surface area contributed by atoms with Gasteiger partial charge in [-0.15, -0.1) is 0 Å². The molecule has 0 radical (unpaired) electrons. The van der Waals surface area contributed by atoms with Crippen LogP contribution in [-0.4, -0.2) is 156 Å². The van der Waals surface area contributed by atoms with Crippen molar-refractivity contribution in [3.05, 3.63) is 24.3 Å². The number of carbonyl (C=O) groups excluding carboxylic acids is 1. The van der Waals surface area contributed by atoms with Gasteiger partial charge in [-0.25, -0.2) is 0 Å². The molecule has 3 fully saturated rings. The highest BCUT2D eigenvalue weighted by atomic mass is 16.7. The first kappa shape index (κ1) is 49.5. The van der Waals surface area contributed by atoms with Gasteiger partial charge in [-0.2, -0.15) is 0 Å². The van der Waals surface area contributed by atoms with Gasteiger partial charge >= 0.3 is 5.97 Å². The van der Waals surface area contributed by atoms with E-state index >= 15 is 0 Å². The fraction of sp³-hybridized carbons (Fsp3) is 0.841. The number of carbonyl (C=O) groups is 1. The van der Waals surface area contributed by atoms with Gasteiger partial charge in [-0.1, -0.05) is 32.9 Å². The number of hydrogen-bond donors (Lipinski definition) is 5. The summed E-state index contributed by atoms with van der Waals surface area (Å²) in [6.07, 6.45) is -7.82. The van der Waals surface area contributed by atoms with Gasteiger partial charge in [-0.05, 0) is 99.9 Å². The number of likely N-dealkylation sites (N-methyl/N-ethyl adjacent to an activating group) is 2. The predicted molar refractivity (Wildman–Crippen MR) is 221 cm³/mol. The first-order valence-corrected chi connectivity index (χ1v) is 21.4. The number of ether oxygens (including phenoxy) is 8. The molecule has 0 amide bonds. The summed E-state index contributed by atoms with van der Waals surface area (Å²) in [5.74, 6) is -1.59. The molecule has 15 heteroatoms. The number of benzene rings is 1. The van der Waals surface area contributed by atoms with E-state index in [-0.39, 0.29) is 37.3 Å². The summed E-state index contributed by atoms with van der Waals surface area (Å²) in [5, 5.41) is 50.7. The van der Waals surface area contributed by atoms with E-state index in [0.717, 1.165) is 0 Å². The summed E-state index contributed by atoms with van der Waals surface area (Å²) in [7, 11) is 6.80. The Morgan fingerprint density at radius 2 is 1.56 bits per heavy atom. The Hall–Kier alpha value is -2.15. The molecular weight excluding hydrogens is 764 g/mol.